The van der Waals surface area contributed by atoms with E-state index in [4.69, 9.17) is 5.73 Å². The molecule has 0 spiro atoms. The lowest BCUT2D eigenvalue weighted by Gasteiger charge is -2.30. The Kier molecular flexibility index (Phi) is 68.3. The minimum atomic E-state index is -0.537. The lowest BCUT2D eigenvalue weighted by molar-refractivity contribution is -0.128. The summed E-state index contributed by atoms with van der Waals surface area (Å²) in [4.78, 5) is 73.7. The maximum Gasteiger partial charge on any atom is 0.234 e. The van der Waals surface area contributed by atoms with Gasteiger partial charge in [0.1, 0.15) is 0 Å². The Morgan fingerprint density at radius 3 is 0.789 bits per heavy atom. The summed E-state index contributed by atoms with van der Waals surface area (Å²) in [6.07, 6.45) is 62.2. The van der Waals surface area contributed by atoms with Gasteiger partial charge in [0.05, 0.1) is 32.2 Å². The van der Waals surface area contributed by atoms with Crippen LogP contribution in [-0.4, -0.2) is 142 Å². The molecule has 5 amide bonds. The van der Waals surface area contributed by atoms with Gasteiger partial charge in [-0.3, -0.25) is 38.7 Å². The van der Waals surface area contributed by atoms with Gasteiger partial charge >= 0.3 is 0 Å². The lowest BCUT2D eigenvalue weighted by atomic mass is 10.0. The third kappa shape index (κ3) is 62.6. The highest BCUT2D eigenvalue weighted by molar-refractivity contribution is 5.82. The lowest BCUT2D eigenvalue weighted by Crippen LogP contribution is -2.51. The predicted molar refractivity (Wildman–Crippen MR) is 386 cm³/mol. The minimum absolute atomic E-state index is 0.0211. The number of amides is 5. The van der Waals surface area contributed by atoms with Gasteiger partial charge in [0, 0.05) is 65.4 Å². The van der Waals surface area contributed by atoms with Crippen molar-refractivity contribution in [2.45, 2.75) is 368 Å². The molecule has 0 aliphatic rings. The molecular weight excluding hydrogens is 1120 g/mol. The van der Waals surface area contributed by atoms with Gasteiger partial charge in [-0.2, -0.15) is 0 Å². The maximum atomic E-state index is 13.7. The fraction of sp³-hybridized carbons (Fsp3) is 0.934. The molecule has 90 heavy (non-hydrogen) atoms. The number of nitrogens with zero attached hydrogens (tertiary/aromatic N) is 3. The fourth-order valence-electron chi connectivity index (χ4n) is 12.4. The van der Waals surface area contributed by atoms with Gasteiger partial charge in [-0.15, -0.1) is 0 Å². The van der Waals surface area contributed by atoms with E-state index < -0.39 is 6.04 Å². The zero-order valence-electron chi connectivity index (χ0n) is 60.5. The topological polar surface area (TPSA) is 181 Å². The standard InChI is InChI=1S/C76H153N9O5/c1-6-11-16-21-26-31-36-41-46-51-56-71(76(77)90)85(70-75(89)82-60-55-50-45-40-35-30-25-20-15-10-5)64-62-78-61-63-83(67-72(86)79-57-52-47-42-37-32-27-22-17-12-7-2)65-66-84(68-73(87)80-58-53-48-43-38-33-28-23-18-13-8-3)69-74(88)81-59-54-49-44-39-34-29-24-19-14-9-4/h71,78H,6-70H2,1-5H3,(H2,77,90)(H,79,86)(H,80,87)(H,81,88)(H,82,89). The van der Waals surface area contributed by atoms with E-state index in [1.165, 1.54) is 250 Å². The van der Waals surface area contributed by atoms with Crippen molar-refractivity contribution in [3.63, 3.8) is 0 Å². The predicted octanol–water partition coefficient (Wildman–Crippen LogP) is 16.8. The summed E-state index contributed by atoms with van der Waals surface area (Å²) in [5.74, 6) is -0.620. The molecule has 0 aromatic heterocycles. The molecule has 0 saturated heterocycles. The van der Waals surface area contributed by atoms with Gasteiger partial charge < -0.3 is 32.3 Å². The molecule has 14 heteroatoms. The molecule has 0 aromatic carbocycles. The van der Waals surface area contributed by atoms with Crippen molar-refractivity contribution in [3.05, 3.63) is 0 Å². The highest BCUT2D eigenvalue weighted by atomic mass is 16.2. The number of hydrogen-bond donors (Lipinski definition) is 6. The molecule has 0 aliphatic carbocycles. The largest absolute Gasteiger partial charge is 0.368 e. The third-order valence-electron chi connectivity index (χ3n) is 18.4. The van der Waals surface area contributed by atoms with Gasteiger partial charge in [-0.05, 0) is 32.1 Å². The Morgan fingerprint density at radius 1 is 0.267 bits per heavy atom. The summed E-state index contributed by atoms with van der Waals surface area (Å²) < 4.78 is 0. The Balaban J connectivity index is 6.00. The smallest absolute Gasteiger partial charge is 0.234 e. The summed E-state index contributed by atoms with van der Waals surface area (Å²) in [5.41, 5.74) is 6.17. The van der Waals surface area contributed by atoms with Gasteiger partial charge in [-0.1, -0.05) is 330 Å². The number of hydrogen-bond acceptors (Lipinski definition) is 9. The Bertz CT molecular complexity index is 1530. The van der Waals surface area contributed by atoms with Gasteiger partial charge in [0.25, 0.3) is 0 Å². The van der Waals surface area contributed by atoms with Crippen LogP contribution in [0.15, 0.2) is 0 Å². The molecule has 0 fully saturated rings. The molecule has 0 bridgehead atoms. The van der Waals surface area contributed by atoms with E-state index in [-0.39, 0.29) is 55.7 Å². The second kappa shape index (κ2) is 70.5. The fourth-order valence-corrected chi connectivity index (χ4v) is 12.4. The first kappa shape index (κ1) is 87.2. The van der Waals surface area contributed by atoms with E-state index in [2.05, 4.69) is 66.1 Å². The molecule has 0 aromatic rings. The molecule has 0 rings (SSSR count). The third-order valence-corrected chi connectivity index (χ3v) is 18.4. The van der Waals surface area contributed by atoms with Crippen molar-refractivity contribution in [1.29, 1.82) is 0 Å². The highest BCUT2D eigenvalue weighted by Gasteiger charge is 2.26. The SMILES string of the molecule is CCCCCCCCCCCCNC(=O)CN(CCNCCN(CC(=O)NCCCCCCCCCCCC)C(CCCCCCCCCCCC)C(N)=O)CCN(CC(=O)NCCCCCCCCCCCC)CC(=O)NCCCCCCCCCCCC. The number of carbonyl (C=O) groups is 5. The van der Waals surface area contributed by atoms with Gasteiger partial charge in [0.15, 0.2) is 0 Å². The van der Waals surface area contributed by atoms with E-state index in [0.717, 1.165) is 70.6 Å². The zero-order chi connectivity index (χ0) is 65.7. The van der Waals surface area contributed by atoms with Crippen molar-refractivity contribution < 1.29 is 24.0 Å². The Morgan fingerprint density at radius 2 is 0.500 bits per heavy atom. The summed E-state index contributed by atoms with van der Waals surface area (Å²) in [7, 11) is 0. The summed E-state index contributed by atoms with van der Waals surface area (Å²) >= 11 is 0. The van der Waals surface area contributed by atoms with Crippen molar-refractivity contribution in [1.82, 2.24) is 41.3 Å². The molecule has 1 unspecified atom stereocenters. The van der Waals surface area contributed by atoms with Crippen LogP contribution in [0.3, 0.4) is 0 Å². The van der Waals surface area contributed by atoms with Crippen LogP contribution >= 0.6 is 0 Å². The first-order valence-corrected chi connectivity index (χ1v) is 39.4. The maximum absolute atomic E-state index is 13.7. The van der Waals surface area contributed by atoms with Crippen molar-refractivity contribution in [2.24, 2.45) is 5.73 Å². The zero-order valence-corrected chi connectivity index (χ0v) is 60.5. The van der Waals surface area contributed by atoms with E-state index in [1.807, 2.05) is 9.80 Å². The number of primary amides is 1. The van der Waals surface area contributed by atoms with Crippen LogP contribution < -0.4 is 32.3 Å². The quantitative estimate of drug-likeness (QED) is 0.0323. The molecule has 14 nitrogen and oxygen atoms in total. The van der Waals surface area contributed by atoms with Crippen LogP contribution in [-0.2, 0) is 24.0 Å². The number of carbonyl (C=O) groups excluding carboxylic acids is 5. The molecule has 532 valence electrons. The molecule has 0 saturated carbocycles. The van der Waals surface area contributed by atoms with E-state index in [1.54, 1.807) is 0 Å². The number of rotatable bonds is 74. The molecule has 0 aliphatic heterocycles. The monoisotopic (exact) mass is 1270 g/mol. The van der Waals surface area contributed by atoms with Gasteiger partial charge in [-0.25, -0.2) is 0 Å². The number of nitrogens with one attached hydrogen (secondary N) is 5. The first-order chi connectivity index (χ1) is 44.1. The molecule has 1 atom stereocenters. The normalized spacial score (nSPS) is 12.0. The van der Waals surface area contributed by atoms with Crippen LogP contribution in [0.2, 0.25) is 0 Å². The Labute approximate surface area is 557 Å². The van der Waals surface area contributed by atoms with Gasteiger partial charge in [0.2, 0.25) is 29.5 Å². The second-order valence-electron chi connectivity index (χ2n) is 27.2. The van der Waals surface area contributed by atoms with Crippen molar-refractivity contribution in [2.75, 3.05) is 91.6 Å². The van der Waals surface area contributed by atoms with Crippen LogP contribution in [0.1, 0.15) is 362 Å². The average molecular weight is 1270 g/mol. The molecular formula is C76H153N9O5. The molecule has 7 N–H and O–H groups in total. The van der Waals surface area contributed by atoms with E-state index >= 15 is 0 Å². The number of unbranched alkanes of at least 4 members (excludes halogenated alkanes) is 45. The summed E-state index contributed by atoms with van der Waals surface area (Å²) in [5, 5.41) is 16.3. The summed E-state index contributed by atoms with van der Waals surface area (Å²) in [6.45, 7) is 17.5. The van der Waals surface area contributed by atoms with Crippen LogP contribution in [0.25, 0.3) is 0 Å². The van der Waals surface area contributed by atoms with E-state index in [0.29, 0.717) is 71.9 Å². The molecule has 0 heterocycles. The van der Waals surface area contributed by atoms with E-state index in [9.17, 15) is 24.0 Å². The van der Waals surface area contributed by atoms with Crippen LogP contribution in [0, 0.1) is 0 Å². The van der Waals surface area contributed by atoms with Crippen molar-refractivity contribution >= 4 is 29.5 Å². The summed E-state index contributed by atoms with van der Waals surface area (Å²) in [6, 6.07) is -0.537. The number of nitrogens with two attached hydrogens (primary N) is 1. The first-order valence-electron chi connectivity index (χ1n) is 39.4. The second-order valence-corrected chi connectivity index (χ2v) is 27.2. The van der Waals surface area contributed by atoms with Crippen LogP contribution in [0.5, 0.6) is 0 Å². The highest BCUT2D eigenvalue weighted by Crippen LogP contribution is 2.17. The minimum Gasteiger partial charge on any atom is -0.368 e. The Hall–Kier alpha value is -2.81. The van der Waals surface area contributed by atoms with Crippen LogP contribution in [0.4, 0.5) is 0 Å². The van der Waals surface area contributed by atoms with Crippen molar-refractivity contribution in [3.8, 4) is 0 Å². The molecule has 0 radical (unpaired) electrons. The average Bonchev–Trinajstić information content (AvgIpc) is 2.77.